The maximum Gasteiger partial charge on any atom is 0.191 e. The van der Waals surface area contributed by atoms with Gasteiger partial charge in [-0.05, 0) is 48.2 Å². The van der Waals surface area contributed by atoms with Gasteiger partial charge in [-0.3, -0.25) is 4.98 Å². The quantitative estimate of drug-likeness (QED) is 0.402. The average molecular weight is 409 g/mol. The maximum atomic E-state index is 5.79. The van der Waals surface area contributed by atoms with E-state index in [0.717, 1.165) is 36.1 Å². The van der Waals surface area contributed by atoms with Crippen LogP contribution in [0.2, 0.25) is 0 Å². The van der Waals surface area contributed by atoms with Crippen molar-refractivity contribution in [3.63, 3.8) is 0 Å². The summed E-state index contributed by atoms with van der Waals surface area (Å²) >= 11 is 1.79. The third-order valence-corrected chi connectivity index (χ3v) is 5.51. The van der Waals surface area contributed by atoms with Gasteiger partial charge in [-0.1, -0.05) is 31.2 Å². The van der Waals surface area contributed by atoms with Crippen molar-refractivity contribution in [1.29, 1.82) is 0 Å². The van der Waals surface area contributed by atoms with Crippen LogP contribution in [0.5, 0.6) is 5.75 Å². The summed E-state index contributed by atoms with van der Waals surface area (Å²) < 4.78 is 5.79. The van der Waals surface area contributed by atoms with E-state index in [9.17, 15) is 0 Å². The van der Waals surface area contributed by atoms with Gasteiger partial charge in [0.1, 0.15) is 12.4 Å². The number of pyridine rings is 1. The van der Waals surface area contributed by atoms with Crippen molar-refractivity contribution < 1.29 is 4.74 Å². The summed E-state index contributed by atoms with van der Waals surface area (Å²) in [4.78, 5) is 10.4. The molecule has 0 spiro atoms. The molecule has 5 nitrogen and oxygen atoms in total. The second kappa shape index (κ2) is 11.2. The lowest BCUT2D eigenvalue weighted by atomic mass is 10.1. The molecule has 0 saturated carbocycles. The number of hydrogen-bond donors (Lipinski definition) is 2. The molecule has 0 aliphatic carbocycles. The van der Waals surface area contributed by atoms with E-state index in [2.05, 4.69) is 59.1 Å². The van der Waals surface area contributed by atoms with Gasteiger partial charge in [-0.15, -0.1) is 11.3 Å². The summed E-state index contributed by atoms with van der Waals surface area (Å²) in [5.41, 5.74) is 2.05. The number of rotatable bonds is 9. The molecule has 0 amide bonds. The van der Waals surface area contributed by atoms with E-state index in [1.54, 1.807) is 17.5 Å². The molecule has 29 heavy (non-hydrogen) atoms. The Bertz CT molecular complexity index is 864. The van der Waals surface area contributed by atoms with Gasteiger partial charge in [-0.25, -0.2) is 4.99 Å². The second-order valence-corrected chi connectivity index (χ2v) is 7.73. The lowest BCUT2D eigenvalue weighted by Crippen LogP contribution is -2.39. The first-order chi connectivity index (χ1) is 14.2. The molecule has 1 aromatic carbocycles. The number of hydrogen-bond acceptors (Lipinski definition) is 4. The zero-order valence-corrected chi connectivity index (χ0v) is 17.8. The van der Waals surface area contributed by atoms with Gasteiger partial charge in [0.2, 0.25) is 0 Å². The average Bonchev–Trinajstić information content (AvgIpc) is 3.30. The molecule has 2 heterocycles. The van der Waals surface area contributed by atoms with Crippen LogP contribution >= 0.6 is 11.3 Å². The van der Waals surface area contributed by atoms with Crippen LogP contribution < -0.4 is 15.4 Å². The Morgan fingerprint density at radius 2 is 1.97 bits per heavy atom. The lowest BCUT2D eigenvalue weighted by Gasteiger charge is -2.15. The molecule has 0 aliphatic heterocycles. The molecule has 1 atom stereocenters. The summed E-state index contributed by atoms with van der Waals surface area (Å²) in [5, 5.41) is 8.88. The predicted molar refractivity (Wildman–Crippen MR) is 121 cm³/mol. The first-order valence-electron chi connectivity index (χ1n) is 9.92. The van der Waals surface area contributed by atoms with Gasteiger partial charge in [0.05, 0.1) is 12.2 Å². The van der Waals surface area contributed by atoms with Gasteiger partial charge in [0.25, 0.3) is 0 Å². The van der Waals surface area contributed by atoms with E-state index in [1.165, 1.54) is 4.88 Å². The minimum atomic E-state index is 0.453. The Kier molecular flexibility index (Phi) is 8.07. The van der Waals surface area contributed by atoms with Crippen LogP contribution in [0, 0.1) is 0 Å². The first kappa shape index (κ1) is 20.9. The molecular weight excluding hydrogens is 380 g/mol. The van der Waals surface area contributed by atoms with Crippen LogP contribution in [0.3, 0.4) is 0 Å². The highest BCUT2D eigenvalue weighted by Gasteiger charge is 2.07. The molecule has 3 aromatic rings. The minimum absolute atomic E-state index is 0.453. The Balaban J connectivity index is 1.50. The van der Waals surface area contributed by atoms with E-state index in [0.29, 0.717) is 19.1 Å². The third kappa shape index (κ3) is 6.91. The molecule has 0 bridgehead atoms. The number of guanidine groups is 1. The van der Waals surface area contributed by atoms with Crippen molar-refractivity contribution >= 4 is 17.3 Å². The molecule has 6 heteroatoms. The molecule has 1 unspecified atom stereocenters. The van der Waals surface area contributed by atoms with E-state index < -0.39 is 0 Å². The standard InChI is InChI=1S/C23H28N4OS/c1-3-24-23(26-15-18(2)22-8-6-14-29-22)27-16-19-9-11-21(12-10-19)28-17-20-7-4-5-13-25-20/h4-14,18H,3,15-17H2,1-2H3,(H2,24,26,27). The lowest BCUT2D eigenvalue weighted by molar-refractivity contribution is 0.301. The number of nitrogens with one attached hydrogen (secondary N) is 2. The highest BCUT2D eigenvalue weighted by atomic mass is 32.1. The molecule has 152 valence electrons. The van der Waals surface area contributed by atoms with E-state index in [-0.39, 0.29) is 0 Å². The summed E-state index contributed by atoms with van der Waals surface area (Å²) in [6.45, 7) is 7.07. The number of aromatic nitrogens is 1. The summed E-state index contributed by atoms with van der Waals surface area (Å²) in [6, 6.07) is 18.2. The summed E-state index contributed by atoms with van der Waals surface area (Å²) in [5.74, 6) is 2.12. The fraction of sp³-hybridized carbons (Fsp3) is 0.304. The van der Waals surface area contributed by atoms with E-state index in [4.69, 9.17) is 9.73 Å². The van der Waals surface area contributed by atoms with Crippen molar-refractivity contribution in [3.05, 3.63) is 82.3 Å². The van der Waals surface area contributed by atoms with Crippen molar-refractivity contribution in [2.75, 3.05) is 13.1 Å². The molecule has 0 fully saturated rings. The van der Waals surface area contributed by atoms with Crippen molar-refractivity contribution in [2.45, 2.75) is 32.9 Å². The normalized spacial score (nSPS) is 12.4. The number of aliphatic imine (C=N–C) groups is 1. The van der Waals surface area contributed by atoms with Crippen molar-refractivity contribution in [3.8, 4) is 5.75 Å². The van der Waals surface area contributed by atoms with Crippen molar-refractivity contribution in [1.82, 2.24) is 15.6 Å². The van der Waals surface area contributed by atoms with Crippen molar-refractivity contribution in [2.24, 2.45) is 4.99 Å². The fourth-order valence-corrected chi connectivity index (χ4v) is 3.55. The zero-order chi connectivity index (χ0) is 20.3. The molecule has 0 saturated heterocycles. The van der Waals surface area contributed by atoms with Gasteiger partial charge < -0.3 is 15.4 Å². The van der Waals surface area contributed by atoms with Gasteiger partial charge in [0, 0.05) is 30.1 Å². The van der Waals surface area contributed by atoms with Gasteiger partial charge in [0.15, 0.2) is 5.96 Å². The van der Waals surface area contributed by atoms with E-state index in [1.807, 2.05) is 30.3 Å². The molecular formula is C23H28N4OS. The second-order valence-electron chi connectivity index (χ2n) is 6.75. The maximum absolute atomic E-state index is 5.79. The minimum Gasteiger partial charge on any atom is -0.487 e. The number of benzene rings is 1. The number of nitrogens with zero attached hydrogens (tertiary/aromatic N) is 2. The third-order valence-electron chi connectivity index (χ3n) is 4.40. The largest absolute Gasteiger partial charge is 0.487 e. The van der Waals surface area contributed by atoms with Gasteiger partial charge >= 0.3 is 0 Å². The first-order valence-corrected chi connectivity index (χ1v) is 10.8. The van der Waals surface area contributed by atoms with Crippen LogP contribution in [0.15, 0.2) is 71.2 Å². The van der Waals surface area contributed by atoms with Crippen LogP contribution in [-0.4, -0.2) is 24.0 Å². The van der Waals surface area contributed by atoms with Crippen LogP contribution in [0.25, 0.3) is 0 Å². The Labute approximate surface area is 176 Å². The van der Waals surface area contributed by atoms with E-state index >= 15 is 0 Å². The monoisotopic (exact) mass is 408 g/mol. The van der Waals surface area contributed by atoms with Gasteiger partial charge in [-0.2, -0.15) is 0 Å². The highest BCUT2D eigenvalue weighted by molar-refractivity contribution is 7.10. The van der Waals surface area contributed by atoms with Crippen LogP contribution in [0.4, 0.5) is 0 Å². The molecule has 0 radical (unpaired) electrons. The molecule has 2 aromatic heterocycles. The summed E-state index contributed by atoms with van der Waals surface area (Å²) in [6.07, 6.45) is 1.77. The number of ether oxygens (including phenoxy) is 1. The number of thiophene rings is 1. The molecule has 0 aliphatic rings. The van der Waals surface area contributed by atoms with Crippen LogP contribution in [-0.2, 0) is 13.2 Å². The zero-order valence-electron chi connectivity index (χ0n) is 17.0. The highest BCUT2D eigenvalue weighted by Crippen LogP contribution is 2.19. The smallest absolute Gasteiger partial charge is 0.191 e. The molecule has 2 N–H and O–H groups in total. The summed E-state index contributed by atoms with van der Waals surface area (Å²) in [7, 11) is 0. The molecule has 3 rings (SSSR count). The van der Waals surface area contributed by atoms with Crippen LogP contribution in [0.1, 0.15) is 35.9 Å². The SMILES string of the molecule is CCNC(=NCc1ccc(OCc2ccccn2)cc1)NCC(C)c1cccs1. The Morgan fingerprint density at radius 3 is 2.66 bits per heavy atom. The predicted octanol–water partition coefficient (Wildman–Crippen LogP) is 4.58. The Morgan fingerprint density at radius 1 is 1.10 bits per heavy atom. The Hall–Kier alpha value is -2.86. The fourth-order valence-electron chi connectivity index (χ4n) is 2.77. The topological polar surface area (TPSA) is 58.5 Å².